The van der Waals surface area contributed by atoms with Crippen LogP contribution in [0.5, 0.6) is 0 Å². The Balaban J connectivity index is 1.83. The minimum Gasteiger partial charge on any atom is -0.336 e. The molecule has 0 saturated heterocycles. The summed E-state index contributed by atoms with van der Waals surface area (Å²) < 4.78 is 19.9. The highest BCUT2D eigenvalue weighted by atomic mass is 79.9. The lowest BCUT2D eigenvalue weighted by molar-refractivity contribution is 0.102. The minimum absolute atomic E-state index is 0.133. The van der Waals surface area contributed by atoms with Gasteiger partial charge < -0.3 is 9.84 Å². The zero-order valence-corrected chi connectivity index (χ0v) is 14.4. The Morgan fingerprint density at radius 1 is 1.38 bits per heavy atom. The van der Waals surface area contributed by atoms with Crippen molar-refractivity contribution in [3.05, 3.63) is 51.0 Å². The number of anilines is 1. The third-order valence-electron chi connectivity index (χ3n) is 4.23. The number of hydrogen-bond donors (Lipinski definition) is 1. The van der Waals surface area contributed by atoms with Crippen molar-refractivity contribution < 1.29 is 13.7 Å². The van der Waals surface area contributed by atoms with Crippen molar-refractivity contribution in [2.45, 2.75) is 26.2 Å². The van der Waals surface area contributed by atoms with E-state index >= 15 is 0 Å². The van der Waals surface area contributed by atoms with Gasteiger partial charge in [-0.15, -0.1) is 0 Å². The largest absolute Gasteiger partial charge is 0.336 e. The summed E-state index contributed by atoms with van der Waals surface area (Å²) in [5.41, 5.74) is 3.36. The average Bonchev–Trinajstić information content (AvgIpc) is 3.15. The van der Waals surface area contributed by atoms with Gasteiger partial charge in [0, 0.05) is 10.2 Å². The van der Waals surface area contributed by atoms with Crippen LogP contribution in [-0.2, 0) is 12.8 Å². The third kappa shape index (κ3) is 2.39. The molecule has 24 heavy (non-hydrogen) atoms. The first-order chi connectivity index (χ1) is 11.5. The fourth-order valence-corrected chi connectivity index (χ4v) is 3.48. The van der Waals surface area contributed by atoms with Gasteiger partial charge in [0.2, 0.25) is 0 Å². The highest BCUT2D eigenvalue weighted by Gasteiger charge is 2.27. The van der Waals surface area contributed by atoms with Crippen LogP contribution in [-0.4, -0.2) is 16.0 Å². The standard InChI is InChI=1S/C17H13BrFN3O2/c1-8-14-15(10-3-2-4-12(10)21-17(14)24-22-8)16(23)20-13-6-5-9(18)7-11(13)19/h5-7H,2-4H2,1H3,(H,20,23). The van der Waals surface area contributed by atoms with Crippen molar-refractivity contribution >= 4 is 38.6 Å². The molecule has 2 heterocycles. The molecule has 5 nitrogen and oxygen atoms in total. The van der Waals surface area contributed by atoms with Crippen LogP contribution < -0.4 is 5.32 Å². The summed E-state index contributed by atoms with van der Waals surface area (Å²) in [5, 5.41) is 7.18. The predicted octanol–water partition coefficient (Wildman–Crippen LogP) is 4.17. The molecule has 1 aromatic carbocycles. The van der Waals surface area contributed by atoms with E-state index < -0.39 is 5.82 Å². The van der Waals surface area contributed by atoms with E-state index in [4.69, 9.17) is 4.52 Å². The van der Waals surface area contributed by atoms with E-state index in [-0.39, 0.29) is 11.6 Å². The summed E-state index contributed by atoms with van der Waals surface area (Å²) in [6.07, 6.45) is 2.51. The molecule has 1 aliphatic carbocycles. The van der Waals surface area contributed by atoms with Crippen molar-refractivity contribution in [1.29, 1.82) is 0 Å². The van der Waals surface area contributed by atoms with Crippen molar-refractivity contribution in [3.63, 3.8) is 0 Å². The number of fused-ring (bicyclic) bond motifs is 2. The van der Waals surface area contributed by atoms with Gasteiger partial charge in [-0.2, -0.15) is 0 Å². The Hall–Kier alpha value is -2.28. The zero-order valence-electron chi connectivity index (χ0n) is 12.8. The lowest BCUT2D eigenvalue weighted by Gasteiger charge is -2.11. The minimum atomic E-state index is -0.498. The van der Waals surface area contributed by atoms with E-state index in [2.05, 4.69) is 31.4 Å². The number of aryl methyl sites for hydroxylation is 2. The van der Waals surface area contributed by atoms with Gasteiger partial charge in [-0.25, -0.2) is 9.37 Å². The van der Waals surface area contributed by atoms with Crippen LogP contribution in [0.2, 0.25) is 0 Å². The molecule has 0 spiro atoms. The second kappa shape index (κ2) is 5.66. The lowest BCUT2D eigenvalue weighted by atomic mass is 10.0. The second-order valence-corrected chi connectivity index (χ2v) is 6.71. The Bertz CT molecular complexity index is 984. The summed E-state index contributed by atoms with van der Waals surface area (Å²) in [6.45, 7) is 1.77. The van der Waals surface area contributed by atoms with Crippen LogP contribution >= 0.6 is 15.9 Å². The summed E-state index contributed by atoms with van der Waals surface area (Å²) in [7, 11) is 0. The molecule has 0 radical (unpaired) electrons. The Morgan fingerprint density at radius 3 is 3.00 bits per heavy atom. The zero-order chi connectivity index (χ0) is 16.8. The molecule has 0 fully saturated rings. The number of aromatic nitrogens is 2. The molecule has 4 rings (SSSR count). The van der Waals surface area contributed by atoms with Gasteiger partial charge in [0.25, 0.3) is 11.6 Å². The van der Waals surface area contributed by atoms with Crippen LogP contribution in [0.25, 0.3) is 11.1 Å². The molecular formula is C17H13BrFN3O2. The number of amides is 1. The van der Waals surface area contributed by atoms with E-state index in [1.54, 1.807) is 13.0 Å². The maximum Gasteiger partial charge on any atom is 0.259 e. The predicted molar refractivity (Wildman–Crippen MR) is 90.6 cm³/mol. The number of carbonyl (C=O) groups is 1. The van der Waals surface area contributed by atoms with Gasteiger partial charge >= 0.3 is 0 Å². The Labute approximate surface area is 145 Å². The highest BCUT2D eigenvalue weighted by molar-refractivity contribution is 9.10. The molecule has 1 aliphatic rings. The summed E-state index contributed by atoms with van der Waals surface area (Å²) in [4.78, 5) is 17.4. The Morgan fingerprint density at radius 2 is 2.21 bits per heavy atom. The van der Waals surface area contributed by atoms with Gasteiger partial charge in [0.05, 0.1) is 22.3 Å². The molecule has 0 bridgehead atoms. The smallest absolute Gasteiger partial charge is 0.259 e. The molecule has 122 valence electrons. The van der Waals surface area contributed by atoms with Crippen molar-refractivity contribution in [2.24, 2.45) is 0 Å². The molecule has 1 N–H and O–H groups in total. The van der Waals surface area contributed by atoms with Crippen LogP contribution in [0.3, 0.4) is 0 Å². The quantitative estimate of drug-likeness (QED) is 0.713. The lowest BCUT2D eigenvalue weighted by Crippen LogP contribution is -2.16. The molecule has 0 aliphatic heterocycles. The highest BCUT2D eigenvalue weighted by Crippen LogP contribution is 2.32. The van der Waals surface area contributed by atoms with Crippen LogP contribution in [0.4, 0.5) is 10.1 Å². The number of pyridine rings is 1. The third-order valence-corrected chi connectivity index (χ3v) is 4.72. The molecule has 0 atom stereocenters. The number of benzene rings is 1. The number of nitrogens with zero attached hydrogens (tertiary/aromatic N) is 2. The molecule has 0 saturated carbocycles. The van der Waals surface area contributed by atoms with E-state index in [9.17, 15) is 9.18 Å². The fraction of sp³-hybridized carbons (Fsp3) is 0.235. The first kappa shape index (κ1) is 15.3. The van der Waals surface area contributed by atoms with E-state index in [0.29, 0.717) is 26.8 Å². The first-order valence-corrected chi connectivity index (χ1v) is 8.38. The van der Waals surface area contributed by atoms with Crippen molar-refractivity contribution in [2.75, 3.05) is 5.32 Å². The average molecular weight is 390 g/mol. The SMILES string of the molecule is Cc1noc2nc3c(c(C(=O)Nc4ccc(Br)cc4F)c12)CCC3. The molecule has 1 amide bonds. The monoisotopic (exact) mass is 389 g/mol. The fourth-order valence-electron chi connectivity index (χ4n) is 3.14. The molecule has 0 unspecified atom stereocenters. The van der Waals surface area contributed by atoms with Gasteiger partial charge in [-0.3, -0.25) is 4.79 Å². The Kier molecular flexibility index (Phi) is 3.60. The number of carbonyl (C=O) groups excluding carboxylic acids is 1. The molecule has 7 heteroatoms. The number of rotatable bonds is 2. The van der Waals surface area contributed by atoms with Gasteiger partial charge in [0.1, 0.15) is 5.82 Å². The van der Waals surface area contributed by atoms with Crippen LogP contribution in [0.1, 0.15) is 33.7 Å². The van der Waals surface area contributed by atoms with Crippen molar-refractivity contribution in [1.82, 2.24) is 10.1 Å². The second-order valence-electron chi connectivity index (χ2n) is 5.79. The maximum atomic E-state index is 14.0. The first-order valence-electron chi connectivity index (χ1n) is 7.58. The summed E-state index contributed by atoms with van der Waals surface area (Å²) in [6, 6.07) is 4.51. The number of hydrogen-bond acceptors (Lipinski definition) is 4. The topological polar surface area (TPSA) is 68.0 Å². The van der Waals surface area contributed by atoms with E-state index in [1.807, 2.05) is 0 Å². The van der Waals surface area contributed by atoms with E-state index in [0.717, 1.165) is 30.5 Å². The summed E-state index contributed by atoms with van der Waals surface area (Å²) >= 11 is 3.20. The van der Waals surface area contributed by atoms with Crippen LogP contribution in [0, 0.1) is 12.7 Å². The van der Waals surface area contributed by atoms with Gasteiger partial charge in [0.15, 0.2) is 0 Å². The molecule has 3 aromatic rings. The van der Waals surface area contributed by atoms with Gasteiger partial charge in [-0.05, 0) is 49.9 Å². The van der Waals surface area contributed by atoms with Crippen LogP contribution in [0.15, 0.2) is 27.2 Å². The van der Waals surface area contributed by atoms with Crippen molar-refractivity contribution in [3.8, 4) is 0 Å². The maximum absolute atomic E-state index is 14.0. The van der Waals surface area contributed by atoms with E-state index in [1.165, 1.54) is 12.1 Å². The number of nitrogens with one attached hydrogen (secondary N) is 1. The number of halogens is 2. The molecule has 2 aromatic heterocycles. The van der Waals surface area contributed by atoms with Gasteiger partial charge in [-0.1, -0.05) is 21.1 Å². The molecular weight excluding hydrogens is 377 g/mol. The normalized spacial score (nSPS) is 13.3. The summed E-state index contributed by atoms with van der Waals surface area (Å²) in [5.74, 6) is -0.866.